The average molecular weight is 274 g/mol. The first kappa shape index (κ1) is 14.3. The number of hydrogen-bond acceptors (Lipinski definition) is 3. The van der Waals surface area contributed by atoms with Crippen molar-refractivity contribution < 1.29 is 0 Å². The monoisotopic (exact) mass is 274 g/mol. The predicted octanol–water partition coefficient (Wildman–Crippen LogP) is 3.49. The molecule has 0 aliphatic carbocycles. The molecule has 0 fully saturated rings. The average Bonchev–Trinajstić information content (AvgIpc) is 2.91. The molecule has 19 heavy (non-hydrogen) atoms. The van der Waals surface area contributed by atoms with Crippen molar-refractivity contribution in [2.75, 3.05) is 0 Å². The van der Waals surface area contributed by atoms with Crippen LogP contribution in [0.25, 0.3) is 0 Å². The van der Waals surface area contributed by atoms with Crippen molar-refractivity contribution in [3.63, 3.8) is 0 Å². The fourth-order valence-electron chi connectivity index (χ4n) is 2.21. The molecule has 0 radical (unpaired) electrons. The number of nitrogens with two attached hydrogens (primary N) is 1. The standard InChI is InChI=1S/C16H22N2S/c1-12(2)15-5-3-13(4-6-15)9-16(18-17)10-14-7-8-19-11-14/h3-8,11-12,16,18H,9-10,17H2,1-2H3. The summed E-state index contributed by atoms with van der Waals surface area (Å²) >= 11 is 1.73. The van der Waals surface area contributed by atoms with Gasteiger partial charge in [0.1, 0.15) is 0 Å². The molecule has 0 bridgehead atoms. The Bertz CT molecular complexity index is 474. The van der Waals surface area contributed by atoms with Gasteiger partial charge in [0.15, 0.2) is 0 Å². The van der Waals surface area contributed by atoms with Crippen LogP contribution < -0.4 is 11.3 Å². The third-order valence-electron chi connectivity index (χ3n) is 3.43. The molecule has 3 N–H and O–H groups in total. The molecule has 1 unspecified atom stereocenters. The number of thiophene rings is 1. The van der Waals surface area contributed by atoms with E-state index in [2.05, 4.69) is 60.4 Å². The molecule has 2 aromatic rings. The van der Waals surface area contributed by atoms with Gasteiger partial charge in [-0.25, -0.2) is 0 Å². The van der Waals surface area contributed by atoms with Gasteiger partial charge in [-0.15, -0.1) is 0 Å². The fourth-order valence-corrected chi connectivity index (χ4v) is 2.89. The Morgan fingerprint density at radius 1 is 1.05 bits per heavy atom. The molecular formula is C16H22N2S. The molecule has 0 amide bonds. The van der Waals surface area contributed by atoms with Crippen LogP contribution >= 0.6 is 11.3 Å². The van der Waals surface area contributed by atoms with E-state index in [0.717, 1.165) is 12.8 Å². The highest BCUT2D eigenvalue weighted by atomic mass is 32.1. The first-order valence-corrected chi connectivity index (χ1v) is 7.69. The van der Waals surface area contributed by atoms with Crippen LogP contribution in [0.5, 0.6) is 0 Å². The maximum absolute atomic E-state index is 5.67. The van der Waals surface area contributed by atoms with Crippen molar-refractivity contribution in [3.8, 4) is 0 Å². The highest BCUT2D eigenvalue weighted by Gasteiger charge is 2.09. The van der Waals surface area contributed by atoms with Crippen molar-refractivity contribution in [3.05, 3.63) is 57.8 Å². The molecule has 1 aromatic carbocycles. The first-order valence-electron chi connectivity index (χ1n) is 6.75. The molecule has 0 aliphatic rings. The van der Waals surface area contributed by atoms with E-state index in [1.807, 2.05) is 0 Å². The molecule has 1 atom stereocenters. The van der Waals surface area contributed by atoms with Gasteiger partial charge >= 0.3 is 0 Å². The van der Waals surface area contributed by atoms with Gasteiger partial charge in [0.2, 0.25) is 0 Å². The number of hydrogen-bond donors (Lipinski definition) is 2. The zero-order valence-corrected chi connectivity index (χ0v) is 12.4. The van der Waals surface area contributed by atoms with Crippen LogP contribution in [0.1, 0.15) is 36.5 Å². The minimum atomic E-state index is 0.291. The Hall–Kier alpha value is -1.16. The van der Waals surface area contributed by atoms with Gasteiger partial charge in [-0.1, -0.05) is 38.1 Å². The Labute approximate surface area is 119 Å². The zero-order chi connectivity index (χ0) is 13.7. The lowest BCUT2D eigenvalue weighted by molar-refractivity contribution is 0.523. The van der Waals surface area contributed by atoms with E-state index in [0.29, 0.717) is 12.0 Å². The summed E-state index contributed by atoms with van der Waals surface area (Å²) in [7, 11) is 0. The molecule has 0 spiro atoms. The van der Waals surface area contributed by atoms with Crippen molar-refractivity contribution in [1.29, 1.82) is 0 Å². The maximum atomic E-state index is 5.67. The summed E-state index contributed by atoms with van der Waals surface area (Å²) in [5.41, 5.74) is 7.01. The number of rotatable bonds is 6. The zero-order valence-electron chi connectivity index (χ0n) is 11.6. The largest absolute Gasteiger partial charge is 0.271 e. The Kier molecular flexibility index (Phi) is 5.14. The van der Waals surface area contributed by atoms with Crippen molar-refractivity contribution in [1.82, 2.24) is 5.43 Å². The highest BCUT2D eigenvalue weighted by molar-refractivity contribution is 7.07. The molecule has 102 valence electrons. The van der Waals surface area contributed by atoms with Crippen LogP contribution in [0.3, 0.4) is 0 Å². The quantitative estimate of drug-likeness (QED) is 0.625. The minimum Gasteiger partial charge on any atom is -0.271 e. The summed E-state index contributed by atoms with van der Waals surface area (Å²) in [6.07, 6.45) is 1.94. The maximum Gasteiger partial charge on any atom is 0.0291 e. The van der Waals surface area contributed by atoms with E-state index in [9.17, 15) is 0 Å². The van der Waals surface area contributed by atoms with Gasteiger partial charge in [0, 0.05) is 6.04 Å². The molecule has 1 aromatic heterocycles. The number of hydrazine groups is 1. The fraction of sp³-hybridized carbons (Fsp3) is 0.375. The Morgan fingerprint density at radius 3 is 2.26 bits per heavy atom. The third kappa shape index (κ3) is 4.16. The van der Waals surface area contributed by atoms with Crippen LogP contribution in [0.4, 0.5) is 0 Å². The summed E-state index contributed by atoms with van der Waals surface area (Å²) in [6.45, 7) is 4.44. The van der Waals surface area contributed by atoms with Crippen LogP contribution in [-0.4, -0.2) is 6.04 Å². The lowest BCUT2D eigenvalue weighted by atomic mass is 9.97. The Morgan fingerprint density at radius 2 is 1.74 bits per heavy atom. The summed E-state index contributed by atoms with van der Waals surface area (Å²) in [4.78, 5) is 0. The van der Waals surface area contributed by atoms with Crippen molar-refractivity contribution in [2.45, 2.75) is 38.6 Å². The lowest BCUT2D eigenvalue weighted by Crippen LogP contribution is -2.38. The first-order chi connectivity index (χ1) is 9.19. The molecule has 0 aliphatic heterocycles. The normalized spacial score (nSPS) is 12.8. The van der Waals surface area contributed by atoms with Gasteiger partial charge in [0.25, 0.3) is 0 Å². The molecule has 1 heterocycles. The van der Waals surface area contributed by atoms with Gasteiger partial charge < -0.3 is 0 Å². The highest BCUT2D eigenvalue weighted by Crippen LogP contribution is 2.16. The molecular weight excluding hydrogens is 252 g/mol. The van der Waals surface area contributed by atoms with Gasteiger partial charge in [-0.05, 0) is 52.3 Å². The second kappa shape index (κ2) is 6.85. The SMILES string of the molecule is CC(C)c1ccc(CC(Cc2ccsc2)NN)cc1. The summed E-state index contributed by atoms with van der Waals surface area (Å²) in [5, 5.41) is 4.30. The molecule has 3 heteroatoms. The number of benzene rings is 1. The third-order valence-corrected chi connectivity index (χ3v) is 4.16. The van der Waals surface area contributed by atoms with Crippen LogP contribution in [0, 0.1) is 0 Å². The summed E-state index contributed by atoms with van der Waals surface area (Å²) < 4.78 is 0. The van der Waals surface area contributed by atoms with E-state index >= 15 is 0 Å². The Balaban J connectivity index is 1.97. The smallest absolute Gasteiger partial charge is 0.0291 e. The van der Waals surface area contributed by atoms with Crippen molar-refractivity contribution >= 4 is 11.3 Å². The number of nitrogens with one attached hydrogen (secondary N) is 1. The van der Waals surface area contributed by atoms with Crippen LogP contribution in [-0.2, 0) is 12.8 Å². The van der Waals surface area contributed by atoms with Gasteiger partial charge in [-0.2, -0.15) is 11.3 Å². The van der Waals surface area contributed by atoms with E-state index in [4.69, 9.17) is 5.84 Å². The topological polar surface area (TPSA) is 38.0 Å². The summed E-state index contributed by atoms with van der Waals surface area (Å²) in [5.74, 6) is 6.26. The van der Waals surface area contributed by atoms with Crippen LogP contribution in [0.15, 0.2) is 41.1 Å². The van der Waals surface area contributed by atoms with Crippen molar-refractivity contribution in [2.24, 2.45) is 5.84 Å². The minimum absolute atomic E-state index is 0.291. The molecule has 2 nitrogen and oxygen atoms in total. The van der Waals surface area contributed by atoms with Crippen LogP contribution in [0.2, 0.25) is 0 Å². The van der Waals surface area contributed by atoms with E-state index in [1.54, 1.807) is 11.3 Å². The van der Waals surface area contributed by atoms with Gasteiger partial charge in [0.05, 0.1) is 0 Å². The summed E-state index contributed by atoms with van der Waals surface area (Å²) in [6, 6.07) is 11.3. The molecule has 0 saturated carbocycles. The van der Waals surface area contributed by atoms with E-state index in [1.165, 1.54) is 16.7 Å². The lowest BCUT2D eigenvalue weighted by Gasteiger charge is -2.16. The molecule has 0 saturated heterocycles. The second-order valence-electron chi connectivity index (χ2n) is 5.30. The van der Waals surface area contributed by atoms with E-state index < -0.39 is 0 Å². The van der Waals surface area contributed by atoms with E-state index in [-0.39, 0.29) is 0 Å². The molecule has 2 rings (SSSR count). The predicted molar refractivity (Wildman–Crippen MR) is 83.4 cm³/mol. The second-order valence-corrected chi connectivity index (χ2v) is 6.08. The van der Waals surface area contributed by atoms with Gasteiger partial charge in [-0.3, -0.25) is 11.3 Å².